The molecule has 1 atom stereocenters. The van der Waals surface area contributed by atoms with Gasteiger partial charge in [-0.05, 0) is 67.3 Å². The van der Waals surface area contributed by atoms with Crippen LogP contribution < -0.4 is 0 Å². The number of hydrogen-bond acceptors (Lipinski definition) is 2. The zero-order valence-electron chi connectivity index (χ0n) is 15.2. The molecule has 0 saturated carbocycles. The van der Waals surface area contributed by atoms with Crippen molar-refractivity contribution in [3.8, 4) is 11.4 Å². The Labute approximate surface area is 151 Å². The maximum atomic E-state index is 13.8. The van der Waals surface area contributed by atoms with Crippen molar-refractivity contribution in [1.29, 1.82) is 0 Å². The summed E-state index contributed by atoms with van der Waals surface area (Å²) < 4.78 is 15.7. The molecular weight excluding hydrogens is 333 g/mol. The Kier molecular flexibility index (Phi) is 4.48. The summed E-state index contributed by atoms with van der Waals surface area (Å²) in [6, 6.07) is 9.81. The number of aromatic hydroxyl groups is 1. The lowest BCUT2D eigenvalue weighted by Gasteiger charge is -2.17. The average molecular weight is 355 g/mol. The van der Waals surface area contributed by atoms with Crippen molar-refractivity contribution >= 4 is 16.9 Å². The molecule has 0 aliphatic carbocycles. The first-order chi connectivity index (χ1) is 12.2. The first-order valence-electron chi connectivity index (χ1n) is 8.59. The van der Waals surface area contributed by atoms with Gasteiger partial charge in [-0.25, -0.2) is 4.39 Å². The molecule has 1 unspecified atom stereocenters. The number of fused-ring (bicyclic) bond motifs is 1. The zero-order valence-corrected chi connectivity index (χ0v) is 15.2. The Morgan fingerprint density at radius 1 is 1.12 bits per heavy atom. The summed E-state index contributed by atoms with van der Waals surface area (Å²) in [6.07, 6.45) is 0. The molecule has 2 aromatic carbocycles. The molecule has 4 nitrogen and oxygen atoms in total. The summed E-state index contributed by atoms with van der Waals surface area (Å²) in [7, 11) is 0. The molecule has 26 heavy (non-hydrogen) atoms. The molecule has 1 aromatic heterocycles. The second kappa shape index (κ2) is 6.48. The number of benzene rings is 2. The van der Waals surface area contributed by atoms with E-state index in [9.17, 15) is 19.4 Å². The van der Waals surface area contributed by atoms with E-state index in [0.717, 1.165) is 16.9 Å². The first-order valence-corrected chi connectivity index (χ1v) is 8.59. The lowest BCUT2D eigenvalue weighted by atomic mass is 9.93. The average Bonchev–Trinajstić information content (AvgIpc) is 2.90. The minimum atomic E-state index is -0.926. The van der Waals surface area contributed by atoms with Gasteiger partial charge in [-0.3, -0.25) is 4.79 Å². The molecule has 0 aliphatic rings. The van der Waals surface area contributed by atoms with Gasteiger partial charge in [0.15, 0.2) is 0 Å². The van der Waals surface area contributed by atoms with Crippen LogP contribution in [0.3, 0.4) is 0 Å². The molecule has 0 saturated heterocycles. The number of aryl methyl sites for hydroxylation is 1. The second-order valence-corrected chi connectivity index (χ2v) is 6.98. The van der Waals surface area contributed by atoms with Crippen LogP contribution in [0.2, 0.25) is 0 Å². The van der Waals surface area contributed by atoms with Gasteiger partial charge in [0, 0.05) is 16.8 Å². The number of rotatable bonds is 4. The van der Waals surface area contributed by atoms with Crippen LogP contribution in [0.5, 0.6) is 5.75 Å². The Morgan fingerprint density at radius 3 is 2.38 bits per heavy atom. The van der Waals surface area contributed by atoms with E-state index in [1.54, 1.807) is 44.2 Å². The van der Waals surface area contributed by atoms with Crippen molar-refractivity contribution in [3.63, 3.8) is 0 Å². The Morgan fingerprint density at radius 2 is 1.81 bits per heavy atom. The van der Waals surface area contributed by atoms with Crippen molar-refractivity contribution in [2.45, 2.75) is 39.5 Å². The Balaban J connectivity index is 2.46. The summed E-state index contributed by atoms with van der Waals surface area (Å²) in [5, 5.41) is 20.3. The fourth-order valence-electron chi connectivity index (χ4n) is 3.52. The van der Waals surface area contributed by atoms with Crippen LogP contribution >= 0.6 is 0 Å². The number of carboxylic acid groups (broad SMARTS) is 1. The summed E-state index contributed by atoms with van der Waals surface area (Å²) in [5.41, 5.74) is 3.62. The van der Waals surface area contributed by atoms with Crippen LogP contribution in [0, 0.1) is 12.7 Å². The zero-order chi connectivity index (χ0) is 19.2. The van der Waals surface area contributed by atoms with Gasteiger partial charge in [0.05, 0.1) is 11.4 Å². The Bertz CT molecular complexity index is 1000. The molecule has 0 fully saturated rings. The molecule has 3 aromatic rings. The highest BCUT2D eigenvalue weighted by Crippen LogP contribution is 2.39. The minimum Gasteiger partial charge on any atom is -0.508 e. The van der Waals surface area contributed by atoms with Crippen LogP contribution in [0.15, 0.2) is 36.4 Å². The van der Waals surface area contributed by atoms with E-state index in [4.69, 9.17) is 0 Å². The summed E-state index contributed by atoms with van der Waals surface area (Å²) >= 11 is 0. The Hall–Kier alpha value is -2.82. The molecule has 5 heteroatoms. The van der Waals surface area contributed by atoms with Crippen LogP contribution in [0.25, 0.3) is 16.6 Å². The standard InChI is InChI=1S/C21H22FNO3/c1-11(2)20-19(13(4)21(25)26)16-10-15(24)6-8-18(16)23(20)14-5-7-17(22)12(3)9-14/h5-11,13,24H,1-4H3,(H,25,26). The number of aromatic nitrogens is 1. The van der Waals surface area contributed by atoms with E-state index in [1.807, 2.05) is 18.4 Å². The van der Waals surface area contributed by atoms with E-state index >= 15 is 0 Å². The molecule has 0 aliphatic heterocycles. The monoisotopic (exact) mass is 355 g/mol. The lowest BCUT2D eigenvalue weighted by Crippen LogP contribution is -2.12. The van der Waals surface area contributed by atoms with Gasteiger partial charge in [-0.2, -0.15) is 0 Å². The summed E-state index contributed by atoms with van der Waals surface area (Å²) in [6.45, 7) is 7.34. The third-order valence-electron chi connectivity index (χ3n) is 4.78. The van der Waals surface area contributed by atoms with Gasteiger partial charge in [-0.1, -0.05) is 13.8 Å². The molecule has 0 radical (unpaired) electrons. The van der Waals surface area contributed by atoms with Gasteiger partial charge in [0.1, 0.15) is 11.6 Å². The largest absolute Gasteiger partial charge is 0.508 e. The van der Waals surface area contributed by atoms with E-state index in [0.29, 0.717) is 16.5 Å². The predicted octanol–water partition coefficient (Wildman–Crippen LogP) is 5.10. The molecule has 3 rings (SSSR count). The minimum absolute atomic E-state index is 0.0340. The van der Waals surface area contributed by atoms with Crippen LogP contribution in [0.1, 0.15) is 49.4 Å². The molecule has 2 N–H and O–H groups in total. The van der Waals surface area contributed by atoms with Gasteiger partial charge in [0.2, 0.25) is 0 Å². The highest BCUT2D eigenvalue weighted by Gasteiger charge is 2.28. The van der Waals surface area contributed by atoms with Gasteiger partial charge in [0.25, 0.3) is 0 Å². The fourth-order valence-corrected chi connectivity index (χ4v) is 3.52. The number of carbonyl (C=O) groups is 1. The number of nitrogens with zero attached hydrogens (tertiary/aromatic N) is 1. The highest BCUT2D eigenvalue weighted by molar-refractivity contribution is 5.93. The first kappa shape index (κ1) is 18.0. The van der Waals surface area contributed by atoms with E-state index in [2.05, 4.69) is 0 Å². The molecule has 0 spiro atoms. The number of carboxylic acids is 1. The highest BCUT2D eigenvalue weighted by atomic mass is 19.1. The fraction of sp³-hybridized carbons (Fsp3) is 0.286. The van der Waals surface area contributed by atoms with E-state index in [-0.39, 0.29) is 17.5 Å². The maximum Gasteiger partial charge on any atom is 0.310 e. The van der Waals surface area contributed by atoms with Gasteiger partial charge >= 0.3 is 5.97 Å². The molecule has 1 heterocycles. The smallest absolute Gasteiger partial charge is 0.310 e. The number of aliphatic carboxylic acids is 1. The SMILES string of the molecule is Cc1cc(-n2c(C(C)C)c(C(C)C(=O)O)c3cc(O)ccc32)ccc1F. The van der Waals surface area contributed by atoms with Crippen molar-refractivity contribution in [1.82, 2.24) is 4.57 Å². The molecule has 0 amide bonds. The lowest BCUT2D eigenvalue weighted by molar-refractivity contribution is -0.138. The second-order valence-electron chi connectivity index (χ2n) is 6.98. The van der Waals surface area contributed by atoms with Gasteiger partial charge in [-0.15, -0.1) is 0 Å². The molecule has 0 bridgehead atoms. The number of hydrogen-bond donors (Lipinski definition) is 2. The van der Waals surface area contributed by atoms with Crippen molar-refractivity contribution in [2.24, 2.45) is 0 Å². The van der Waals surface area contributed by atoms with Crippen molar-refractivity contribution in [3.05, 3.63) is 59.0 Å². The summed E-state index contributed by atoms with van der Waals surface area (Å²) in [5.74, 6) is -1.83. The van der Waals surface area contributed by atoms with Crippen molar-refractivity contribution in [2.75, 3.05) is 0 Å². The van der Waals surface area contributed by atoms with Gasteiger partial charge < -0.3 is 14.8 Å². The topological polar surface area (TPSA) is 62.5 Å². The summed E-state index contributed by atoms with van der Waals surface area (Å²) in [4.78, 5) is 11.7. The van der Waals surface area contributed by atoms with Crippen LogP contribution in [-0.4, -0.2) is 20.7 Å². The third-order valence-corrected chi connectivity index (χ3v) is 4.78. The predicted molar refractivity (Wildman–Crippen MR) is 99.8 cm³/mol. The number of halogens is 1. The van der Waals surface area contributed by atoms with Crippen LogP contribution in [-0.2, 0) is 4.79 Å². The number of phenols is 1. The van der Waals surface area contributed by atoms with Crippen molar-refractivity contribution < 1.29 is 19.4 Å². The van der Waals surface area contributed by atoms with E-state index < -0.39 is 11.9 Å². The normalized spacial score (nSPS) is 12.7. The quantitative estimate of drug-likeness (QED) is 0.685. The number of phenolic OH excluding ortho intramolecular Hbond substituents is 1. The van der Waals surface area contributed by atoms with E-state index in [1.165, 1.54) is 6.07 Å². The molecule has 136 valence electrons. The molecular formula is C21H22FNO3. The third kappa shape index (κ3) is 2.83. The van der Waals surface area contributed by atoms with Crippen LogP contribution in [0.4, 0.5) is 4.39 Å². The maximum absolute atomic E-state index is 13.8.